The van der Waals surface area contributed by atoms with Crippen LogP contribution in [0, 0.1) is 6.92 Å². The number of benzene rings is 1. The molecule has 0 bridgehead atoms. The zero-order valence-corrected chi connectivity index (χ0v) is 11.6. The summed E-state index contributed by atoms with van der Waals surface area (Å²) in [6.45, 7) is 2.00. The van der Waals surface area contributed by atoms with E-state index in [0.29, 0.717) is 10.0 Å². The van der Waals surface area contributed by atoms with Crippen molar-refractivity contribution in [1.29, 1.82) is 0 Å². The van der Waals surface area contributed by atoms with Gasteiger partial charge in [-0.3, -0.25) is 0 Å². The summed E-state index contributed by atoms with van der Waals surface area (Å²) in [6, 6.07) is 7.36. The first kappa shape index (κ1) is 12.0. The number of furan rings is 1. The number of rotatable bonds is 2. The van der Waals surface area contributed by atoms with Gasteiger partial charge in [-0.25, -0.2) is 0 Å². The Kier molecular flexibility index (Phi) is 3.63. The molecule has 0 aliphatic rings. The average molecular weight is 320 g/mol. The molecule has 0 N–H and O–H groups in total. The zero-order chi connectivity index (χ0) is 11.7. The van der Waals surface area contributed by atoms with E-state index in [4.69, 9.17) is 27.6 Å². The summed E-state index contributed by atoms with van der Waals surface area (Å²) in [5.74, 6) is 0.865. The molecule has 4 heteroatoms. The number of aryl methyl sites for hydroxylation is 1. The highest BCUT2D eigenvalue weighted by Crippen LogP contribution is 2.37. The Balaban J connectivity index is 2.41. The normalized spacial score (nSPS) is 12.8. The van der Waals surface area contributed by atoms with E-state index < -0.39 is 0 Å². The van der Waals surface area contributed by atoms with Crippen molar-refractivity contribution in [2.45, 2.75) is 11.8 Å². The van der Waals surface area contributed by atoms with Gasteiger partial charge in [-0.15, -0.1) is 0 Å². The van der Waals surface area contributed by atoms with E-state index in [2.05, 4.69) is 15.9 Å². The second kappa shape index (κ2) is 4.82. The molecule has 1 atom stereocenters. The number of hydrogen-bond donors (Lipinski definition) is 0. The Hall–Kier alpha value is -0.440. The van der Waals surface area contributed by atoms with Crippen molar-refractivity contribution >= 4 is 39.1 Å². The van der Waals surface area contributed by atoms with Crippen molar-refractivity contribution in [2.75, 3.05) is 0 Å². The lowest BCUT2D eigenvalue weighted by molar-refractivity contribution is 0.517. The van der Waals surface area contributed by atoms with Gasteiger partial charge in [0.05, 0.1) is 11.1 Å². The topological polar surface area (TPSA) is 13.1 Å². The first-order valence-electron chi connectivity index (χ1n) is 4.72. The molecule has 16 heavy (non-hydrogen) atoms. The summed E-state index contributed by atoms with van der Waals surface area (Å²) in [5, 5.41) is 1.26. The summed E-state index contributed by atoms with van der Waals surface area (Å²) in [7, 11) is 0. The third-order valence-corrected chi connectivity index (χ3v) is 3.84. The number of halogens is 3. The van der Waals surface area contributed by atoms with Crippen molar-refractivity contribution < 1.29 is 4.42 Å². The summed E-state index contributed by atoms with van der Waals surface area (Å²) in [6.07, 6.45) is 1.67. The fourth-order valence-electron chi connectivity index (χ4n) is 1.49. The fraction of sp³-hybridized carbons (Fsp3) is 0.167. The Morgan fingerprint density at radius 1 is 1.25 bits per heavy atom. The van der Waals surface area contributed by atoms with Crippen LogP contribution in [0.3, 0.4) is 0 Å². The van der Waals surface area contributed by atoms with Crippen LogP contribution >= 0.6 is 39.1 Å². The Morgan fingerprint density at radius 3 is 2.56 bits per heavy atom. The van der Waals surface area contributed by atoms with Gasteiger partial charge in [0.1, 0.15) is 5.76 Å². The lowest BCUT2D eigenvalue weighted by Crippen LogP contribution is -1.93. The van der Waals surface area contributed by atoms with E-state index in [1.807, 2.05) is 25.1 Å². The van der Waals surface area contributed by atoms with Gasteiger partial charge in [0.25, 0.3) is 0 Å². The second-order valence-electron chi connectivity index (χ2n) is 3.50. The highest BCUT2D eigenvalue weighted by molar-refractivity contribution is 9.09. The summed E-state index contributed by atoms with van der Waals surface area (Å²) in [4.78, 5) is -0.0488. The molecule has 1 aromatic carbocycles. The Bertz CT molecular complexity index is 507. The molecular weight excluding hydrogens is 311 g/mol. The van der Waals surface area contributed by atoms with Crippen molar-refractivity contribution in [2.24, 2.45) is 0 Å². The van der Waals surface area contributed by atoms with Crippen molar-refractivity contribution in [3.63, 3.8) is 0 Å². The number of alkyl halides is 1. The standard InChI is InChI=1S/C12H9BrCl2O/c1-7-4-5-16-12(7)11(13)9-3-2-8(14)6-10(9)15/h2-6,11H,1H3. The minimum Gasteiger partial charge on any atom is -0.468 e. The predicted octanol–water partition coefficient (Wildman–Crippen LogP) is 5.38. The van der Waals surface area contributed by atoms with Crippen LogP contribution < -0.4 is 0 Å². The first-order valence-corrected chi connectivity index (χ1v) is 6.40. The van der Waals surface area contributed by atoms with Crippen LogP contribution in [0.1, 0.15) is 21.7 Å². The van der Waals surface area contributed by atoms with Gasteiger partial charge in [0.15, 0.2) is 0 Å². The molecule has 0 saturated carbocycles. The van der Waals surface area contributed by atoms with E-state index in [0.717, 1.165) is 16.9 Å². The van der Waals surface area contributed by atoms with Crippen LogP contribution in [0.15, 0.2) is 34.9 Å². The molecule has 0 fully saturated rings. The van der Waals surface area contributed by atoms with Gasteiger partial charge in [0, 0.05) is 10.0 Å². The van der Waals surface area contributed by atoms with Crippen LogP contribution in [-0.4, -0.2) is 0 Å². The lowest BCUT2D eigenvalue weighted by atomic mass is 10.1. The highest BCUT2D eigenvalue weighted by atomic mass is 79.9. The minimum atomic E-state index is -0.0488. The third kappa shape index (κ3) is 2.29. The van der Waals surface area contributed by atoms with Crippen molar-refractivity contribution in [3.8, 4) is 0 Å². The molecule has 84 valence electrons. The average Bonchev–Trinajstić information content (AvgIpc) is 2.63. The maximum Gasteiger partial charge on any atom is 0.124 e. The summed E-state index contributed by atoms with van der Waals surface area (Å²) >= 11 is 15.6. The molecule has 1 heterocycles. The molecule has 0 aliphatic carbocycles. The molecular formula is C12H9BrCl2O. The minimum absolute atomic E-state index is 0.0488. The molecule has 1 nitrogen and oxygen atoms in total. The molecule has 0 aliphatic heterocycles. The molecule has 1 aromatic heterocycles. The predicted molar refractivity (Wildman–Crippen MR) is 70.7 cm³/mol. The van der Waals surface area contributed by atoms with Gasteiger partial charge in [-0.2, -0.15) is 0 Å². The third-order valence-electron chi connectivity index (χ3n) is 2.37. The Morgan fingerprint density at radius 2 is 2.00 bits per heavy atom. The molecule has 2 aromatic rings. The summed E-state index contributed by atoms with van der Waals surface area (Å²) in [5.41, 5.74) is 2.04. The first-order chi connectivity index (χ1) is 7.59. The van der Waals surface area contributed by atoms with E-state index >= 15 is 0 Å². The second-order valence-corrected chi connectivity index (χ2v) is 5.26. The highest BCUT2D eigenvalue weighted by Gasteiger charge is 2.18. The smallest absolute Gasteiger partial charge is 0.124 e. The van der Waals surface area contributed by atoms with Gasteiger partial charge in [-0.05, 0) is 36.2 Å². The van der Waals surface area contributed by atoms with E-state index in [1.54, 1.807) is 12.3 Å². The zero-order valence-electron chi connectivity index (χ0n) is 8.51. The maximum atomic E-state index is 6.14. The molecule has 0 amide bonds. The largest absolute Gasteiger partial charge is 0.468 e. The van der Waals surface area contributed by atoms with E-state index in [-0.39, 0.29) is 4.83 Å². The van der Waals surface area contributed by atoms with Crippen LogP contribution in [0.5, 0.6) is 0 Å². The number of hydrogen-bond acceptors (Lipinski definition) is 1. The van der Waals surface area contributed by atoms with Gasteiger partial charge in [0.2, 0.25) is 0 Å². The monoisotopic (exact) mass is 318 g/mol. The fourth-order valence-corrected chi connectivity index (χ4v) is 3.01. The molecule has 0 radical (unpaired) electrons. The van der Waals surface area contributed by atoms with E-state index in [1.165, 1.54) is 0 Å². The van der Waals surface area contributed by atoms with Crippen molar-refractivity contribution in [3.05, 3.63) is 57.5 Å². The molecule has 1 unspecified atom stereocenters. The SMILES string of the molecule is Cc1ccoc1C(Br)c1ccc(Cl)cc1Cl. The summed E-state index contributed by atoms with van der Waals surface area (Å²) < 4.78 is 5.43. The van der Waals surface area contributed by atoms with E-state index in [9.17, 15) is 0 Å². The van der Waals surface area contributed by atoms with Crippen molar-refractivity contribution in [1.82, 2.24) is 0 Å². The lowest BCUT2D eigenvalue weighted by Gasteiger charge is -2.10. The maximum absolute atomic E-state index is 6.14. The van der Waals surface area contributed by atoms with Gasteiger partial charge in [-0.1, -0.05) is 45.2 Å². The molecule has 2 rings (SSSR count). The van der Waals surface area contributed by atoms with Gasteiger partial charge < -0.3 is 4.42 Å². The quantitative estimate of drug-likeness (QED) is 0.677. The van der Waals surface area contributed by atoms with Crippen LogP contribution in [-0.2, 0) is 0 Å². The van der Waals surface area contributed by atoms with Gasteiger partial charge >= 0.3 is 0 Å². The van der Waals surface area contributed by atoms with Crippen LogP contribution in [0.2, 0.25) is 10.0 Å². The van der Waals surface area contributed by atoms with Crippen LogP contribution in [0.4, 0.5) is 0 Å². The van der Waals surface area contributed by atoms with Crippen LogP contribution in [0.25, 0.3) is 0 Å². The molecule has 0 saturated heterocycles. The Labute approximate surface area is 112 Å². The molecule has 0 spiro atoms.